The van der Waals surface area contributed by atoms with Crippen molar-refractivity contribution in [1.29, 1.82) is 0 Å². The Morgan fingerprint density at radius 2 is 1.28 bits per heavy atom. The molecule has 0 atom stereocenters. The summed E-state index contributed by atoms with van der Waals surface area (Å²) in [5, 5.41) is 26.2. The van der Waals surface area contributed by atoms with Gasteiger partial charge in [-0.25, -0.2) is 27.1 Å². The van der Waals surface area contributed by atoms with E-state index in [2.05, 4.69) is 10.2 Å². The zero-order valence-electron chi connectivity index (χ0n) is 16.2. The van der Waals surface area contributed by atoms with Crippen molar-refractivity contribution < 1.29 is 61.1 Å². The maximum atomic E-state index is 11.5. The number of amides is 1. The van der Waals surface area contributed by atoms with E-state index >= 15 is 0 Å². The van der Waals surface area contributed by atoms with Crippen LogP contribution in [0, 0.1) is 0 Å². The van der Waals surface area contributed by atoms with Crippen LogP contribution in [0.1, 0.15) is 21.0 Å². The number of nitrogens with zero attached hydrogens (tertiary/aromatic N) is 5. The SMILES string of the molecule is CN(C)C(=O)c1cc(S(N)(=O)=O)nn1C.Cn1nc(S(N)(=O)=O)cc1C(=O)[O-].[Na+]. The third kappa shape index (κ3) is 7.18. The molecule has 2 aromatic rings. The first-order chi connectivity index (χ1) is 12.6. The van der Waals surface area contributed by atoms with Crippen molar-refractivity contribution in [2.45, 2.75) is 10.1 Å². The Hall–Kier alpha value is -1.82. The average Bonchev–Trinajstić information content (AvgIpc) is 3.09. The molecule has 0 saturated carbocycles. The van der Waals surface area contributed by atoms with E-state index < -0.39 is 31.0 Å². The van der Waals surface area contributed by atoms with Gasteiger partial charge in [-0.15, -0.1) is 0 Å². The summed E-state index contributed by atoms with van der Waals surface area (Å²) in [6.45, 7) is 0. The zero-order chi connectivity index (χ0) is 22.0. The molecule has 4 N–H and O–H groups in total. The number of carboxylic acids is 1. The number of aryl methyl sites for hydroxylation is 2. The summed E-state index contributed by atoms with van der Waals surface area (Å²) in [5.41, 5.74) is -0.173. The molecule has 2 rings (SSSR count). The largest absolute Gasteiger partial charge is 1.00 e. The predicted molar refractivity (Wildman–Crippen MR) is 91.5 cm³/mol. The molecule has 156 valence electrons. The summed E-state index contributed by atoms with van der Waals surface area (Å²) in [4.78, 5) is 23.2. The molecule has 0 aliphatic rings. The minimum atomic E-state index is -3.96. The standard InChI is InChI=1S/C7H12N4O3S.C5H7N3O4S.Na/c1-10(2)7(12)5-4-6(9-11(5)3)15(8,13)14;1-8-3(5(9)10)2-4(7-8)13(6,11)12;/h4H,1-3H3,(H2,8,13,14);2H,1H3,(H,9,10)(H2,6,11,12);/q;;+1/p-1. The van der Waals surface area contributed by atoms with Crippen molar-refractivity contribution in [3.8, 4) is 0 Å². The molecule has 0 bridgehead atoms. The Labute approximate surface area is 188 Å². The van der Waals surface area contributed by atoms with Gasteiger partial charge in [-0.2, -0.15) is 10.2 Å². The number of nitrogens with two attached hydrogens (primary N) is 2. The molecule has 29 heavy (non-hydrogen) atoms. The van der Waals surface area contributed by atoms with Gasteiger partial charge in [0, 0.05) is 40.3 Å². The fraction of sp³-hybridized carbons (Fsp3) is 0.333. The van der Waals surface area contributed by atoms with Gasteiger partial charge in [-0.1, -0.05) is 0 Å². The summed E-state index contributed by atoms with van der Waals surface area (Å²) in [5.74, 6) is -1.84. The Kier molecular flexibility index (Phi) is 9.17. The van der Waals surface area contributed by atoms with Gasteiger partial charge < -0.3 is 14.8 Å². The maximum Gasteiger partial charge on any atom is 1.00 e. The number of hydrogen-bond acceptors (Lipinski definition) is 9. The summed E-state index contributed by atoms with van der Waals surface area (Å²) < 4.78 is 45.4. The smallest absolute Gasteiger partial charge is 0.543 e. The summed E-state index contributed by atoms with van der Waals surface area (Å²) in [6, 6.07) is 1.99. The van der Waals surface area contributed by atoms with Crippen LogP contribution in [0.5, 0.6) is 0 Å². The van der Waals surface area contributed by atoms with Crippen LogP contribution in [-0.2, 0) is 34.1 Å². The molecule has 1 amide bonds. The topological polar surface area (TPSA) is 216 Å². The zero-order valence-corrected chi connectivity index (χ0v) is 19.9. The normalized spacial score (nSPS) is 11.1. The van der Waals surface area contributed by atoms with Crippen LogP contribution in [0.4, 0.5) is 0 Å². The quantitative estimate of drug-likeness (QED) is 0.415. The Bertz CT molecular complexity index is 1120. The molecule has 0 aliphatic carbocycles. The van der Waals surface area contributed by atoms with Crippen molar-refractivity contribution in [1.82, 2.24) is 24.5 Å². The van der Waals surface area contributed by atoms with E-state index in [0.29, 0.717) is 0 Å². The molecule has 0 aliphatic heterocycles. The van der Waals surface area contributed by atoms with E-state index in [-0.39, 0.29) is 51.9 Å². The second kappa shape index (κ2) is 9.79. The molecule has 2 heterocycles. The van der Waals surface area contributed by atoms with Crippen molar-refractivity contribution in [2.24, 2.45) is 24.4 Å². The van der Waals surface area contributed by atoms with E-state index in [9.17, 15) is 31.5 Å². The first-order valence-corrected chi connectivity index (χ1v) is 10.2. The maximum absolute atomic E-state index is 11.5. The molecule has 0 unspecified atom stereocenters. The summed E-state index contributed by atoms with van der Waals surface area (Å²) in [7, 11) is -1.95. The van der Waals surface area contributed by atoms with Gasteiger partial charge >= 0.3 is 29.6 Å². The van der Waals surface area contributed by atoms with Crippen molar-refractivity contribution >= 4 is 31.9 Å². The van der Waals surface area contributed by atoms with Gasteiger partial charge in [0.25, 0.3) is 26.0 Å². The van der Waals surface area contributed by atoms with E-state index in [0.717, 1.165) is 16.8 Å². The van der Waals surface area contributed by atoms with Crippen molar-refractivity contribution in [3.05, 3.63) is 23.5 Å². The van der Waals surface area contributed by atoms with E-state index in [1.54, 1.807) is 14.1 Å². The van der Waals surface area contributed by atoms with Crippen molar-refractivity contribution in [2.75, 3.05) is 14.1 Å². The summed E-state index contributed by atoms with van der Waals surface area (Å²) >= 11 is 0. The van der Waals surface area contributed by atoms with E-state index in [1.165, 1.54) is 23.7 Å². The number of sulfonamides is 2. The molecule has 14 nitrogen and oxygen atoms in total. The molecule has 17 heteroatoms. The Balaban J connectivity index is 0.000000527. The van der Waals surface area contributed by atoms with Gasteiger partial charge in [-0.3, -0.25) is 14.2 Å². The Morgan fingerprint density at radius 3 is 1.52 bits per heavy atom. The molecule has 2 aromatic heterocycles. The third-order valence-electron chi connectivity index (χ3n) is 3.13. The number of carbonyl (C=O) groups excluding carboxylic acids is 2. The van der Waals surface area contributed by atoms with E-state index in [4.69, 9.17) is 10.3 Å². The average molecular weight is 459 g/mol. The predicted octanol–water partition coefficient (Wildman–Crippen LogP) is -6.80. The number of aromatic nitrogens is 4. The Morgan fingerprint density at radius 1 is 0.931 bits per heavy atom. The molecule has 0 saturated heterocycles. The molecule has 0 aromatic carbocycles. The van der Waals surface area contributed by atoms with Gasteiger partial charge in [-0.05, 0) is 0 Å². The number of carboxylic acid groups (broad SMARTS) is 1. The van der Waals surface area contributed by atoms with Gasteiger partial charge in [0.05, 0.1) is 11.7 Å². The van der Waals surface area contributed by atoms with Crippen molar-refractivity contribution in [3.63, 3.8) is 0 Å². The second-order valence-electron chi connectivity index (χ2n) is 5.56. The minimum Gasteiger partial charge on any atom is -0.543 e. The fourth-order valence-electron chi connectivity index (χ4n) is 1.78. The van der Waals surface area contributed by atoms with Crippen LogP contribution in [0.2, 0.25) is 0 Å². The monoisotopic (exact) mass is 459 g/mol. The van der Waals surface area contributed by atoms with Gasteiger partial charge in [0.15, 0.2) is 10.1 Å². The minimum absolute atomic E-state index is 0. The van der Waals surface area contributed by atoms with Crippen LogP contribution in [0.25, 0.3) is 0 Å². The van der Waals surface area contributed by atoms with Gasteiger partial charge in [0.2, 0.25) is 0 Å². The first kappa shape index (κ1) is 27.2. The van der Waals surface area contributed by atoms with Crippen LogP contribution in [-0.4, -0.2) is 67.3 Å². The second-order valence-corrected chi connectivity index (χ2v) is 8.58. The summed E-state index contributed by atoms with van der Waals surface area (Å²) in [6.07, 6.45) is 0. The molecular formula is C12H18N7NaO7S2. The number of hydrogen-bond donors (Lipinski definition) is 2. The molecular weight excluding hydrogens is 441 g/mol. The number of rotatable bonds is 4. The van der Waals surface area contributed by atoms with Crippen LogP contribution < -0.4 is 44.9 Å². The number of carbonyl (C=O) groups is 2. The molecule has 0 radical (unpaired) electrons. The van der Waals surface area contributed by atoms with Gasteiger partial charge in [0.1, 0.15) is 5.69 Å². The first-order valence-electron chi connectivity index (χ1n) is 7.12. The third-order valence-corrected chi connectivity index (χ3v) is 4.70. The molecule has 0 spiro atoms. The van der Waals surface area contributed by atoms with Crippen LogP contribution in [0.15, 0.2) is 22.2 Å². The van der Waals surface area contributed by atoms with E-state index in [1.807, 2.05) is 0 Å². The van der Waals surface area contributed by atoms with Crippen LogP contribution in [0.3, 0.4) is 0 Å². The van der Waals surface area contributed by atoms with Crippen LogP contribution >= 0.6 is 0 Å². The number of primary sulfonamides is 2. The fourth-order valence-corrected chi connectivity index (χ4v) is 2.80. The molecule has 0 fully saturated rings. The number of aromatic carboxylic acids is 1.